The summed E-state index contributed by atoms with van der Waals surface area (Å²) in [6.45, 7) is 0. The fourth-order valence-electron chi connectivity index (χ4n) is 3.73. The Morgan fingerprint density at radius 3 is 2.68 bits per heavy atom. The van der Waals surface area contributed by atoms with E-state index in [9.17, 15) is 23.1 Å². The monoisotopic (exact) mass is 456 g/mol. The maximum atomic E-state index is 13.8. The van der Waals surface area contributed by atoms with E-state index < -0.39 is 23.7 Å². The van der Waals surface area contributed by atoms with E-state index in [1.807, 2.05) is 0 Å². The van der Waals surface area contributed by atoms with E-state index in [4.69, 9.17) is 0 Å². The molecule has 10 heteroatoms. The zero-order valence-electron chi connectivity index (χ0n) is 14.5. The number of aromatic amines is 1. The van der Waals surface area contributed by atoms with Crippen molar-refractivity contribution in [2.45, 2.75) is 37.6 Å². The molecule has 4 rings (SSSR count). The van der Waals surface area contributed by atoms with Gasteiger partial charge in [0.05, 0.1) is 11.6 Å². The molecule has 1 amide bonds. The van der Waals surface area contributed by atoms with Crippen LogP contribution in [-0.4, -0.2) is 43.8 Å². The number of alkyl halides is 3. The second-order valence-electron chi connectivity index (χ2n) is 6.90. The number of fused-ring (bicyclic) bond motifs is 1. The molecule has 0 radical (unpaired) electrons. The quantitative estimate of drug-likeness (QED) is 0.713. The minimum absolute atomic E-state index is 0.131. The first-order valence-corrected chi connectivity index (χ1v) is 9.53. The van der Waals surface area contributed by atoms with Crippen LogP contribution >= 0.6 is 15.9 Å². The summed E-state index contributed by atoms with van der Waals surface area (Å²) in [7, 11) is 0. The molecule has 1 fully saturated rings. The van der Waals surface area contributed by atoms with E-state index in [0.29, 0.717) is 30.5 Å². The summed E-state index contributed by atoms with van der Waals surface area (Å²) in [5.74, 6) is -2.31. The highest BCUT2D eigenvalue weighted by molar-refractivity contribution is 9.10. The van der Waals surface area contributed by atoms with Crippen LogP contribution in [0.25, 0.3) is 11.3 Å². The summed E-state index contributed by atoms with van der Waals surface area (Å²) in [5, 5.41) is 21.1. The van der Waals surface area contributed by atoms with Crippen molar-refractivity contribution < 1.29 is 23.1 Å². The second-order valence-corrected chi connectivity index (χ2v) is 7.82. The smallest absolute Gasteiger partial charge is 0.362 e. The Bertz CT molecular complexity index is 941. The molecule has 2 atom stereocenters. The number of aliphatic hydroxyl groups is 1. The van der Waals surface area contributed by atoms with Gasteiger partial charge >= 0.3 is 6.18 Å². The third kappa shape index (κ3) is 2.95. The largest absolute Gasteiger partial charge is 0.439 e. The average Bonchev–Trinajstić information content (AvgIpc) is 3.26. The van der Waals surface area contributed by atoms with Crippen molar-refractivity contribution in [3.05, 3.63) is 40.5 Å². The molecule has 148 valence electrons. The molecule has 28 heavy (non-hydrogen) atoms. The predicted molar refractivity (Wildman–Crippen MR) is 98.3 cm³/mol. The van der Waals surface area contributed by atoms with Gasteiger partial charge in [0, 0.05) is 15.7 Å². The molecule has 0 bridgehead atoms. The average molecular weight is 457 g/mol. The zero-order valence-corrected chi connectivity index (χ0v) is 16.1. The Morgan fingerprint density at radius 1 is 1.29 bits per heavy atom. The van der Waals surface area contributed by atoms with Gasteiger partial charge in [-0.15, -0.1) is 0 Å². The lowest BCUT2D eigenvalue weighted by Crippen LogP contribution is -2.61. The Hall–Kier alpha value is -2.20. The highest BCUT2D eigenvalue weighted by Crippen LogP contribution is 2.48. The van der Waals surface area contributed by atoms with Crippen LogP contribution in [0.2, 0.25) is 0 Å². The molecule has 2 N–H and O–H groups in total. The highest BCUT2D eigenvalue weighted by Gasteiger charge is 2.68. The fourth-order valence-corrected chi connectivity index (χ4v) is 4.00. The lowest BCUT2D eigenvalue weighted by molar-refractivity contribution is -0.312. The normalized spacial score (nSPS) is 24.8. The van der Waals surface area contributed by atoms with Crippen LogP contribution in [-0.2, 0) is 0 Å². The number of halogens is 4. The second kappa shape index (κ2) is 6.70. The lowest BCUT2D eigenvalue weighted by atomic mass is 9.80. The summed E-state index contributed by atoms with van der Waals surface area (Å²) in [5.41, 5.74) is -2.22. The van der Waals surface area contributed by atoms with Crippen molar-refractivity contribution in [3.8, 4) is 11.3 Å². The van der Waals surface area contributed by atoms with Gasteiger partial charge in [-0.1, -0.05) is 34.5 Å². The van der Waals surface area contributed by atoms with E-state index in [1.165, 1.54) is 6.07 Å². The Labute approximate surface area is 166 Å². The van der Waals surface area contributed by atoms with Gasteiger partial charge in [0.1, 0.15) is 5.69 Å². The Balaban J connectivity index is 1.68. The van der Waals surface area contributed by atoms with Crippen molar-refractivity contribution >= 4 is 27.5 Å². The molecule has 2 aromatic rings. The maximum Gasteiger partial charge on any atom is 0.439 e. The predicted octanol–water partition coefficient (Wildman–Crippen LogP) is 4.09. The van der Waals surface area contributed by atoms with Crippen LogP contribution < -0.4 is 0 Å². The van der Waals surface area contributed by atoms with Gasteiger partial charge in [-0.05, 0) is 37.5 Å². The van der Waals surface area contributed by atoms with Crippen LogP contribution in [0.4, 0.5) is 13.2 Å². The molecular weight excluding hydrogens is 441 g/mol. The van der Waals surface area contributed by atoms with Crippen LogP contribution in [0.5, 0.6) is 0 Å². The number of carbonyl (C=O) groups excluding carboxylic acids is 1. The lowest BCUT2D eigenvalue weighted by Gasteiger charge is -2.37. The molecule has 2 aliphatic rings. The SMILES string of the molecule is O=C(c1cc(-c2ccc(Br)cc2)n[nH]1)N1N=C2CCCC[C@H]2[C@]1(O)C(F)(F)F. The number of nitrogens with zero attached hydrogens (tertiary/aromatic N) is 3. The number of aromatic nitrogens is 2. The van der Waals surface area contributed by atoms with Gasteiger partial charge in [0.25, 0.3) is 11.6 Å². The molecule has 0 spiro atoms. The van der Waals surface area contributed by atoms with Gasteiger partial charge < -0.3 is 5.11 Å². The van der Waals surface area contributed by atoms with Crippen molar-refractivity contribution in [1.82, 2.24) is 15.2 Å². The van der Waals surface area contributed by atoms with Gasteiger partial charge in [-0.25, -0.2) is 0 Å². The molecule has 0 unspecified atom stereocenters. The summed E-state index contributed by atoms with van der Waals surface area (Å²) in [4.78, 5) is 12.8. The molecule has 1 aliphatic heterocycles. The van der Waals surface area contributed by atoms with Crippen LogP contribution in [0, 0.1) is 5.92 Å². The van der Waals surface area contributed by atoms with Crippen molar-refractivity contribution in [2.75, 3.05) is 0 Å². The number of rotatable bonds is 2. The van der Waals surface area contributed by atoms with Crippen molar-refractivity contribution in [3.63, 3.8) is 0 Å². The minimum atomic E-state index is -5.04. The van der Waals surface area contributed by atoms with E-state index in [1.54, 1.807) is 24.3 Å². The van der Waals surface area contributed by atoms with E-state index in [-0.39, 0.29) is 22.8 Å². The van der Waals surface area contributed by atoms with Crippen molar-refractivity contribution in [1.29, 1.82) is 0 Å². The molecular formula is C18H16BrF3N4O2. The first-order chi connectivity index (χ1) is 13.2. The number of hydrogen-bond acceptors (Lipinski definition) is 4. The molecule has 0 saturated heterocycles. The Kier molecular flexibility index (Phi) is 4.58. The maximum absolute atomic E-state index is 13.8. The van der Waals surface area contributed by atoms with Crippen LogP contribution in [0.3, 0.4) is 0 Å². The van der Waals surface area contributed by atoms with Crippen LogP contribution in [0.1, 0.15) is 36.2 Å². The number of hydrazone groups is 1. The first kappa shape index (κ1) is 19.1. The summed E-state index contributed by atoms with van der Waals surface area (Å²) in [6.07, 6.45) is -3.35. The third-order valence-corrected chi connectivity index (χ3v) is 5.70. The number of amides is 1. The molecule has 1 aromatic carbocycles. The van der Waals surface area contributed by atoms with E-state index in [2.05, 4.69) is 31.2 Å². The number of H-pyrrole nitrogens is 1. The standard InChI is InChI=1S/C18H16BrF3N4O2/c19-11-7-5-10(6-8-11)14-9-15(24-23-14)16(27)26-17(28,18(20,21)22)12-3-1-2-4-13(12)25-26/h5-9,12,28H,1-4H2,(H,23,24)/t12-,17+/m1/s1. The molecule has 2 heterocycles. The minimum Gasteiger partial charge on any atom is -0.362 e. The highest BCUT2D eigenvalue weighted by atomic mass is 79.9. The fraction of sp³-hybridized carbons (Fsp3) is 0.389. The summed E-state index contributed by atoms with van der Waals surface area (Å²) in [6, 6.07) is 8.43. The number of carbonyl (C=O) groups is 1. The Morgan fingerprint density at radius 2 is 2.00 bits per heavy atom. The molecule has 1 saturated carbocycles. The van der Waals surface area contributed by atoms with Gasteiger partial charge in [-0.2, -0.15) is 28.4 Å². The molecule has 6 nitrogen and oxygen atoms in total. The number of hydrogen-bond donors (Lipinski definition) is 2. The van der Waals surface area contributed by atoms with Gasteiger partial charge in [-0.3, -0.25) is 9.89 Å². The first-order valence-electron chi connectivity index (χ1n) is 8.74. The van der Waals surface area contributed by atoms with E-state index in [0.717, 1.165) is 4.47 Å². The number of benzene rings is 1. The molecule has 1 aromatic heterocycles. The van der Waals surface area contributed by atoms with Crippen molar-refractivity contribution in [2.24, 2.45) is 11.0 Å². The van der Waals surface area contributed by atoms with Gasteiger partial charge in [0.15, 0.2) is 0 Å². The third-order valence-electron chi connectivity index (χ3n) is 5.17. The topological polar surface area (TPSA) is 81.6 Å². The van der Waals surface area contributed by atoms with E-state index >= 15 is 0 Å². The molecule has 1 aliphatic carbocycles. The summed E-state index contributed by atoms with van der Waals surface area (Å²) < 4.78 is 42.3. The number of nitrogens with one attached hydrogen (secondary N) is 1. The van der Waals surface area contributed by atoms with Crippen LogP contribution in [0.15, 0.2) is 39.9 Å². The summed E-state index contributed by atoms with van der Waals surface area (Å²) >= 11 is 3.31. The van der Waals surface area contributed by atoms with Gasteiger partial charge in [0.2, 0.25) is 0 Å². The zero-order chi connectivity index (χ0) is 20.1.